The van der Waals surface area contributed by atoms with Gasteiger partial charge in [-0.25, -0.2) is 4.98 Å². The third-order valence-corrected chi connectivity index (χ3v) is 4.78. The molecule has 3 rings (SSSR count). The van der Waals surface area contributed by atoms with Crippen molar-refractivity contribution in [3.63, 3.8) is 0 Å². The minimum absolute atomic E-state index is 0.276. The standard InChI is InChI=1S/C11H16N2S/c12-7-11(4-1-5-11)10-13-9(6-14-10)8-2-3-8/h6,8H,1-5,7,12H2. The lowest BCUT2D eigenvalue weighted by Gasteiger charge is -2.38. The molecule has 3 heteroatoms. The average molecular weight is 208 g/mol. The van der Waals surface area contributed by atoms with Crippen LogP contribution >= 0.6 is 11.3 Å². The zero-order valence-electron chi connectivity index (χ0n) is 8.33. The molecule has 1 heterocycles. The second kappa shape index (κ2) is 3.04. The summed E-state index contributed by atoms with van der Waals surface area (Å²) in [4.78, 5) is 4.78. The number of hydrogen-bond donors (Lipinski definition) is 1. The van der Waals surface area contributed by atoms with Crippen molar-refractivity contribution in [1.82, 2.24) is 4.98 Å². The Morgan fingerprint density at radius 1 is 1.50 bits per heavy atom. The van der Waals surface area contributed by atoms with Gasteiger partial charge in [0.15, 0.2) is 0 Å². The van der Waals surface area contributed by atoms with Gasteiger partial charge in [-0.05, 0) is 25.7 Å². The Morgan fingerprint density at radius 2 is 2.29 bits per heavy atom. The summed E-state index contributed by atoms with van der Waals surface area (Å²) in [6, 6.07) is 0. The summed E-state index contributed by atoms with van der Waals surface area (Å²) in [5.41, 5.74) is 7.48. The lowest BCUT2D eigenvalue weighted by molar-refractivity contribution is 0.252. The molecule has 0 aromatic carbocycles. The second-order valence-corrected chi connectivity index (χ2v) is 5.55. The Hall–Kier alpha value is -0.410. The fraction of sp³-hybridized carbons (Fsp3) is 0.727. The van der Waals surface area contributed by atoms with Gasteiger partial charge in [0.25, 0.3) is 0 Å². The smallest absolute Gasteiger partial charge is 0.100 e. The summed E-state index contributed by atoms with van der Waals surface area (Å²) in [6.07, 6.45) is 6.52. The number of aromatic nitrogens is 1. The summed E-state index contributed by atoms with van der Waals surface area (Å²) >= 11 is 1.83. The minimum atomic E-state index is 0.276. The summed E-state index contributed by atoms with van der Waals surface area (Å²) in [6.45, 7) is 0.782. The first-order chi connectivity index (χ1) is 6.84. The lowest BCUT2D eigenvalue weighted by atomic mass is 9.69. The number of thiazole rings is 1. The van der Waals surface area contributed by atoms with E-state index in [0.29, 0.717) is 0 Å². The van der Waals surface area contributed by atoms with Gasteiger partial charge in [0.05, 0.1) is 5.69 Å². The molecule has 2 fully saturated rings. The van der Waals surface area contributed by atoms with E-state index in [1.807, 2.05) is 11.3 Å². The van der Waals surface area contributed by atoms with E-state index < -0.39 is 0 Å². The molecular weight excluding hydrogens is 192 g/mol. The molecule has 2 aliphatic rings. The van der Waals surface area contributed by atoms with E-state index in [2.05, 4.69) is 5.38 Å². The fourth-order valence-corrected chi connectivity index (χ4v) is 3.38. The van der Waals surface area contributed by atoms with Gasteiger partial charge in [-0.1, -0.05) is 6.42 Å². The van der Waals surface area contributed by atoms with Gasteiger partial charge < -0.3 is 5.73 Å². The molecule has 2 N–H and O–H groups in total. The van der Waals surface area contributed by atoms with Crippen LogP contribution in [0.1, 0.15) is 48.7 Å². The summed E-state index contributed by atoms with van der Waals surface area (Å²) in [5.74, 6) is 0.787. The summed E-state index contributed by atoms with van der Waals surface area (Å²) in [7, 11) is 0. The van der Waals surface area contributed by atoms with Crippen LogP contribution in [0, 0.1) is 0 Å². The van der Waals surface area contributed by atoms with Crippen molar-refractivity contribution >= 4 is 11.3 Å². The van der Waals surface area contributed by atoms with E-state index >= 15 is 0 Å². The van der Waals surface area contributed by atoms with Crippen molar-refractivity contribution < 1.29 is 0 Å². The maximum Gasteiger partial charge on any atom is 0.100 e. The highest BCUT2D eigenvalue weighted by atomic mass is 32.1. The van der Waals surface area contributed by atoms with Gasteiger partial charge in [-0.3, -0.25) is 0 Å². The highest BCUT2D eigenvalue weighted by molar-refractivity contribution is 7.09. The maximum absolute atomic E-state index is 5.87. The molecule has 2 aliphatic carbocycles. The van der Waals surface area contributed by atoms with Gasteiger partial charge in [-0.2, -0.15) is 0 Å². The molecule has 0 aliphatic heterocycles. The quantitative estimate of drug-likeness (QED) is 0.828. The zero-order valence-corrected chi connectivity index (χ0v) is 9.15. The normalized spacial score (nSPS) is 24.6. The highest BCUT2D eigenvalue weighted by Crippen LogP contribution is 2.46. The van der Waals surface area contributed by atoms with Gasteiger partial charge in [0.1, 0.15) is 5.01 Å². The van der Waals surface area contributed by atoms with Crippen LogP contribution in [0.15, 0.2) is 5.38 Å². The van der Waals surface area contributed by atoms with Crippen LogP contribution in [-0.2, 0) is 5.41 Å². The Bertz CT molecular complexity index is 331. The van der Waals surface area contributed by atoms with Crippen LogP contribution in [0.3, 0.4) is 0 Å². The van der Waals surface area contributed by atoms with Gasteiger partial charge in [-0.15, -0.1) is 11.3 Å². The second-order valence-electron chi connectivity index (χ2n) is 4.69. The van der Waals surface area contributed by atoms with Crippen molar-refractivity contribution in [1.29, 1.82) is 0 Å². The molecule has 0 amide bonds. The average Bonchev–Trinajstić information content (AvgIpc) is 2.86. The molecule has 1 aromatic rings. The van der Waals surface area contributed by atoms with Gasteiger partial charge >= 0.3 is 0 Å². The molecule has 0 radical (unpaired) electrons. The third kappa shape index (κ3) is 1.22. The van der Waals surface area contributed by atoms with Gasteiger partial charge in [0, 0.05) is 23.3 Å². The fourth-order valence-electron chi connectivity index (χ4n) is 2.21. The van der Waals surface area contributed by atoms with E-state index in [9.17, 15) is 0 Å². The number of hydrogen-bond acceptors (Lipinski definition) is 3. The molecule has 2 nitrogen and oxygen atoms in total. The zero-order chi connectivity index (χ0) is 9.60. The Morgan fingerprint density at radius 3 is 2.79 bits per heavy atom. The van der Waals surface area contributed by atoms with Crippen LogP contribution in [0.4, 0.5) is 0 Å². The van der Waals surface area contributed by atoms with Crippen LogP contribution < -0.4 is 5.73 Å². The highest BCUT2D eigenvalue weighted by Gasteiger charge is 2.40. The number of rotatable bonds is 3. The van der Waals surface area contributed by atoms with E-state index in [1.54, 1.807) is 0 Å². The monoisotopic (exact) mass is 208 g/mol. The number of nitrogens with two attached hydrogens (primary N) is 1. The van der Waals surface area contributed by atoms with Crippen LogP contribution in [0.2, 0.25) is 0 Å². The van der Waals surface area contributed by atoms with Crippen molar-refractivity contribution in [3.8, 4) is 0 Å². The summed E-state index contributed by atoms with van der Waals surface area (Å²) < 4.78 is 0. The van der Waals surface area contributed by atoms with Crippen molar-refractivity contribution in [2.24, 2.45) is 5.73 Å². The van der Waals surface area contributed by atoms with Crippen LogP contribution in [-0.4, -0.2) is 11.5 Å². The molecule has 0 atom stereocenters. The lowest BCUT2D eigenvalue weighted by Crippen LogP contribution is -2.41. The predicted octanol–water partition coefficient (Wildman–Crippen LogP) is 2.40. The van der Waals surface area contributed by atoms with Crippen molar-refractivity contribution in [3.05, 3.63) is 16.1 Å². The van der Waals surface area contributed by atoms with E-state index in [4.69, 9.17) is 10.7 Å². The molecule has 0 spiro atoms. The predicted molar refractivity (Wildman–Crippen MR) is 58.7 cm³/mol. The Balaban J connectivity index is 1.87. The van der Waals surface area contributed by atoms with Crippen molar-refractivity contribution in [2.45, 2.75) is 43.4 Å². The summed E-state index contributed by atoms with van der Waals surface area (Å²) in [5, 5.41) is 3.57. The van der Waals surface area contributed by atoms with Crippen LogP contribution in [0.25, 0.3) is 0 Å². The third-order valence-electron chi connectivity index (χ3n) is 3.67. The molecule has 0 bridgehead atoms. The van der Waals surface area contributed by atoms with E-state index in [0.717, 1.165) is 12.5 Å². The largest absolute Gasteiger partial charge is 0.329 e. The van der Waals surface area contributed by atoms with E-state index in [-0.39, 0.29) is 5.41 Å². The van der Waals surface area contributed by atoms with Crippen molar-refractivity contribution in [2.75, 3.05) is 6.54 Å². The first kappa shape index (κ1) is 8.86. The molecular formula is C11H16N2S. The molecule has 2 saturated carbocycles. The van der Waals surface area contributed by atoms with Crippen LogP contribution in [0.5, 0.6) is 0 Å². The SMILES string of the molecule is NCC1(c2nc(C3CC3)cs2)CCC1. The van der Waals surface area contributed by atoms with Gasteiger partial charge in [0.2, 0.25) is 0 Å². The topological polar surface area (TPSA) is 38.9 Å². The Kier molecular flexibility index (Phi) is 1.92. The number of nitrogens with zero attached hydrogens (tertiary/aromatic N) is 1. The molecule has 14 heavy (non-hydrogen) atoms. The Labute approximate surface area is 88.5 Å². The molecule has 0 unspecified atom stereocenters. The maximum atomic E-state index is 5.87. The van der Waals surface area contributed by atoms with E-state index in [1.165, 1.54) is 42.8 Å². The molecule has 1 aromatic heterocycles. The first-order valence-electron chi connectivity index (χ1n) is 5.50. The minimum Gasteiger partial charge on any atom is -0.329 e. The first-order valence-corrected chi connectivity index (χ1v) is 6.38. The molecule has 76 valence electrons. The molecule has 0 saturated heterocycles.